The molecular weight excluding hydrogens is 232 g/mol. The van der Waals surface area contributed by atoms with Gasteiger partial charge in [0.2, 0.25) is 0 Å². The zero-order valence-electron chi connectivity index (χ0n) is 10.2. The number of nitrogens with one attached hydrogen (secondary N) is 2. The summed E-state index contributed by atoms with van der Waals surface area (Å²) in [5, 5.41) is 5.91. The zero-order chi connectivity index (χ0) is 12.6. The van der Waals surface area contributed by atoms with E-state index in [0.717, 1.165) is 12.3 Å². The van der Waals surface area contributed by atoms with Gasteiger partial charge in [-0.15, -0.1) is 0 Å². The Hall–Kier alpha value is -1.59. The molecule has 1 fully saturated rings. The van der Waals surface area contributed by atoms with E-state index in [-0.39, 0.29) is 12.0 Å². The lowest BCUT2D eigenvalue weighted by atomic mass is 10.3. The Labute approximate surface area is 106 Å². The van der Waals surface area contributed by atoms with E-state index >= 15 is 0 Å². The molecule has 1 aromatic carbocycles. The van der Waals surface area contributed by atoms with Crippen LogP contribution in [0.4, 0.5) is 0 Å². The van der Waals surface area contributed by atoms with E-state index in [1.54, 1.807) is 0 Å². The quantitative estimate of drug-likeness (QED) is 0.731. The average Bonchev–Trinajstić information content (AvgIpc) is 2.45. The number of morpholine rings is 1. The molecule has 2 rings (SSSR count). The molecule has 0 radical (unpaired) electrons. The summed E-state index contributed by atoms with van der Waals surface area (Å²) in [4.78, 5) is 11.7. The van der Waals surface area contributed by atoms with Crippen LogP contribution in [0.15, 0.2) is 30.3 Å². The lowest BCUT2D eigenvalue weighted by molar-refractivity contribution is -0.134. The standard InChI is InChI=1S/C13H18N2O3/c16-13(12-10-14-6-8-18-12)15-7-9-17-11-4-2-1-3-5-11/h1-5,12,14H,6-10H2,(H,15,16)/t12-/m1/s1. The van der Waals surface area contributed by atoms with Crippen LogP contribution in [0.2, 0.25) is 0 Å². The molecule has 0 spiro atoms. The van der Waals surface area contributed by atoms with E-state index in [2.05, 4.69) is 10.6 Å². The normalized spacial score (nSPS) is 19.2. The summed E-state index contributed by atoms with van der Waals surface area (Å²) in [5.74, 6) is 0.723. The minimum Gasteiger partial charge on any atom is -0.492 e. The maximum Gasteiger partial charge on any atom is 0.250 e. The van der Waals surface area contributed by atoms with Crippen molar-refractivity contribution in [1.82, 2.24) is 10.6 Å². The monoisotopic (exact) mass is 250 g/mol. The zero-order valence-corrected chi connectivity index (χ0v) is 10.2. The van der Waals surface area contributed by atoms with Gasteiger partial charge in [0.25, 0.3) is 5.91 Å². The molecule has 1 atom stereocenters. The Morgan fingerprint density at radius 1 is 1.44 bits per heavy atom. The van der Waals surface area contributed by atoms with Gasteiger partial charge in [-0.05, 0) is 12.1 Å². The van der Waals surface area contributed by atoms with Gasteiger partial charge in [-0.2, -0.15) is 0 Å². The fraction of sp³-hybridized carbons (Fsp3) is 0.462. The molecule has 1 aliphatic rings. The molecule has 0 aromatic heterocycles. The van der Waals surface area contributed by atoms with Gasteiger partial charge in [-0.25, -0.2) is 0 Å². The van der Waals surface area contributed by atoms with Gasteiger partial charge in [0.15, 0.2) is 0 Å². The molecule has 1 heterocycles. The van der Waals surface area contributed by atoms with Crippen molar-refractivity contribution in [2.45, 2.75) is 6.10 Å². The summed E-state index contributed by atoms with van der Waals surface area (Å²) < 4.78 is 10.8. The first-order chi connectivity index (χ1) is 8.86. The second kappa shape index (κ2) is 6.98. The van der Waals surface area contributed by atoms with Crippen LogP contribution >= 0.6 is 0 Å². The molecule has 1 saturated heterocycles. The lowest BCUT2D eigenvalue weighted by Gasteiger charge is -2.22. The Bertz CT molecular complexity index is 364. The van der Waals surface area contributed by atoms with Crippen LogP contribution in [-0.4, -0.2) is 44.9 Å². The highest BCUT2D eigenvalue weighted by Gasteiger charge is 2.20. The summed E-state index contributed by atoms with van der Waals surface area (Å²) in [6, 6.07) is 9.53. The summed E-state index contributed by atoms with van der Waals surface area (Å²) >= 11 is 0. The van der Waals surface area contributed by atoms with Crippen LogP contribution < -0.4 is 15.4 Å². The van der Waals surface area contributed by atoms with Crippen LogP contribution in [0.5, 0.6) is 5.75 Å². The van der Waals surface area contributed by atoms with Crippen molar-refractivity contribution in [3.8, 4) is 5.75 Å². The maximum atomic E-state index is 11.7. The topological polar surface area (TPSA) is 59.6 Å². The number of carbonyl (C=O) groups excluding carboxylic acids is 1. The molecule has 0 unspecified atom stereocenters. The number of hydrogen-bond donors (Lipinski definition) is 2. The molecule has 1 amide bonds. The number of carbonyl (C=O) groups is 1. The summed E-state index contributed by atoms with van der Waals surface area (Å²) in [5.41, 5.74) is 0. The van der Waals surface area contributed by atoms with Crippen molar-refractivity contribution in [3.05, 3.63) is 30.3 Å². The number of hydrogen-bond acceptors (Lipinski definition) is 4. The predicted molar refractivity (Wildman–Crippen MR) is 67.6 cm³/mol. The van der Waals surface area contributed by atoms with Crippen molar-refractivity contribution >= 4 is 5.91 Å². The van der Waals surface area contributed by atoms with Gasteiger partial charge in [-0.3, -0.25) is 4.79 Å². The van der Waals surface area contributed by atoms with E-state index in [1.165, 1.54) is 0 Å². The Balaban J connectivity index is 1.61. The first-order valence-electron chi connectivity index (χ1n) is 6.14. The highest BCUT2D eigenvalue weighted by molar-refractivity contribution is 5.81. The average molecular weight is 250 g/mol. The first-order valence-corrected chi connectivity index (χ1v) is 6.14. The van der Waals surface area contributed by atoms with Gasteiger partial charge in [0, 0.05) is 13.1 Å². The van der Waals surface area contributed by atoms with Crippen LogP contribution in [0.25, 0.3) is 0 Å². The molecule has 1 aromatic rings. The molecule has 5 heteroatoms. The van der Waals surface area contributed by atoms with Crippen molar-refractivity contribution in [3.63, 3.8) is 0 Å². The number of para-hydroxylation sites is 1. The van der Waals surface area contributed by atoms with Crippen molar-refractivity contribution in [1.29, 1.82) is 0 Å². The van der Waals surface area contributed by atoms with E-state index < -0.39 is 0 Å². The third-order valence-electron chi connectivity index (χ3n) is 2.63. The van der Waals surface area contributed by atoms with E-state index in [0.29, 0.717) is 26.3 Å². The van der Waals surface area contributed by atoms with Gasteiger partial charge >= 0.3 is 0 Å². The van der Waals surface area contributed by atoms with Crippen molar-refractivity contribution in [2.24, 2.45) is 0 Å². The van der Waals surface area contributed by atoms with E-state index in [4.69, 9.17) is 9.47 Å². The van der Waals surface area contributed by atoms with Crippen LogP contribution in [0, 0.1) is 0 Å². The van der Waals surface area contributed by atoms with Crippen molar-refractivity contribution < 1.29 is 14.3 Å². The first kappa shape index (κ1) is 12.9. The molecule has 5 nitrogen and oxygen atoms in total. The molecule has 98 valence electrons. The van der Waals surface area contributed by atoms with E-state index in [1.807, 2.05) is 30.3 Å². The molecule has 18 heavy (non-hydrogen) atoms. The Morgan fingerprint density at radius 3 is 3.00 bits per heavy atom. The summed E-state index contributed by atoms with van der Waals surface area (Å²) in [6.45, 7) is 2.90. The molecule has 2 N–H and O–H groups in total. The minimum atomic E-state index is -0.379. The fourth-order valence-corrected chi connectivity index (χ4v) is 1.71. The minimum absolute atomic E-state index is 0.0844. The van der Waals surface area contributed by atoms with Gasteiger partial charge in [0.1, 0.15) is 18.5 Å². The Kier molecular flexibility index (Phi) is 4.99. The summed E-state index contributed by atoms with van der Waals surface area (Å²) in [6.07, 6.45) is -0.379. The molecule has 0 aliphatic carbocycles. The molecule has 1 aliphatic heterocycles. The second-order valence-corrected chi connectivity index (χ2v) is 4.02. The second-order valence-electron chi connectivity index (χ2n) is 4.02. The number of ether oxygens (including phenoxy) is 2. The molecule has 0 bridgehead atoms. The highest BCUT2D eigenvalue weighted by Crippen LogP contribution is 2.07. The van der Waals surface area contributed by atoms with Gasteiger partial charge in [-0.1, -0.05) is 18.2 Å². The number of rotatable bonds is 5. The van der Waals surface area contributed by atoms with Crippen molar-refractivity contribution in [2.75, 3.05) is 32.8 Å². The summed E-state index contributed by atoms with van der Waals surface area (Å²) in [7, 11) is 0. The van der Waals surface area contributed by atoms with Gasteiger partial charge < -0.3 is 20.1 Å². The lowest BCUT2D eigenvalue weighted by Crippen LogP contribution is -2.48. The van der Waals surface area contributed by atoms with Crippen LogP contribution in [0.1, 0.15) is 0 Å². The third kappa shape index (κ3) is 4.01. The Morgan fingerprint density at radius 2 is 2.28 bits per heavy atom. The number of amides is 1. The molecule has 0 saturated carbocycles. The van der Waals surface area contributed by atoms with Crippen LogP contribution in [-0.2, 0) is 9.53 Å². The highest BCUT2D eigenvalue weighted by atomic mass is 16.5. The maximum absolute atomic E-state index is 11.7. The smallest absolute Gasteiger partial charge is 0.250 e. The van der Waals surface area contributed by atoms with Gasteiger partial charge in [0.05, 0.1) is 13.2 Å². The third-order valence-corrected chi connectivity index (χ3v) is 2.63. The SMILES string of the molecule is O=C(NCCOc1ccccc1)[C@H]1CNCCO1. The predicted octanol–water partition coefficient (Wildman–Crippen LogP) is 0.170. The number of benzene rings is 1. The molecular formula is C13H18N2O3. The van der Waals surface area contributed by atoms with Crippen LogP contribution in [0.3, 0.4) is 0 Å². The largest absolute Gasteiger partial charge is 0.492 e. The fourth-order valence-electron chi connectivity index (χ4n) is 1.71. The van der Waals surface area contributed by atoms with E-state index in [9.17, 15) is 4.79 Å².